The van der Waals surface area contributed by atoms with Crippen LogP contribution in [0.25, 0.3) is 0 Å². The Morgan fingerprint density at radius 2 is 2.14 bits per heavy atom. The Labute approximate surface area is 48.5 Å². The van der Waals surface area contributed by atoms with Gasteiger partial charge in [-0.25, -0.2) is 0 Å². The highest BCUT2D eigenvalue weighted by molar-refractivity contribution is 6.18. The Hall–Kier alpha value is -0.270. The highest BCUT2D eigenvalue weighted by Crippen LogP contribution is 1.76. The highest BCUT2D eigenvalue weighted by atomic mass is 35.5. The minimum atomic E-state index is 0.574. The van der Waals surface area contributed by atoms with Gasteiger partial charge in [-0.15, -0.1) is 11.6 Å². The maximum Gasteiger partial charge on any atom is 0.0909 e. The fourth-order valence-corrected chi connectivity index (χ4v) is 0.311. The molecule has 0 aliphatic heterocycles. The van der Waals surface area contributed by atoms with Gasteiger partial charge in [0.25, 0.3) is 0 Å². The number of hydrogen-bond donors (Lipinski definition) is 1. The largest absolute Gasteiger partial charge is 0.331 e. The van der Waals surface area contributed by atoms with Crippen molar-refractivity contribution in [3.8, 4) is 0 Å². The van der Waals surface area contributed by atoms with Gasteiger partial charge in [0.05, 0.1) is 6.20 Å². The van der Waals surface area contributed by atoms with Crippen molar-refractivity contribution >= 4 is 11.6 Å². The first-order valence-electron chi connectivity index (χ1n) is 2.08. The molecule has 0 unspecified atom stereocenters. The predicted octanol–water partition coefficient (Wildman–Crippen LogP) is 0.537. The highest BCUT2D eigenvalue weighted by Gasteiger charge is 1.61. The summed E-state index contributed by atoms with van der Waals surface area (Å²) in [4.78, 5) is 0. The molecule has 1 nitrogen and oxygen atoms in total. The summed E-state index contributed by atoms with van der Waals surface area (Å²) in [6.45, 7) is 0. The molecule has 0 bridgehead atoms. The zero-order valence-corrected chi connectivity index (χ0v) is 4.86. The van der Waals surface area contributed by atoms with Gasteiger partial charge < -0.3 is 5.73 Å². The van der Waals surface area contributed by atoms with Crippen LogP contribution in [-0.4, -0.2) is 5.88 Å². The van der Waals surface area contributed by atoms with Gasteiger partial charge in [0.15, 0.2) is 0 Å². The van der Waals surface area contributed by atoms with Crippen molar-refractivity contribution in [2.24, 2.45) is 0 Å². The predicted molar refractivity (Wildman–Crippen MR) is 31.9 cm³/mol. The standard InChI is InChI=1S/C5H8ClN/c6-4-2-1-3-5-7/h1-3,5H,4,7H2/p+1/b2-1-,5-3-. The van der Waals surface area contributed by atoms with E-state index in [1.165, 1.54) is 0 Å². The van der Waals surface area contributed by atoms with Crippen LogP contribution in [0.5, 0.6) is 0 Å². The molecule has 0 saturated heterocycles. The van der Waals surface area contributed by atoms with Crippen molar-refractivity contribution in [1.82, 2.24) is 0 Å². The van der Waals surface area contributed by atoms with Gasteiger partial charge in [0, 0.05) is 5.88 Å². The van der Waals surface area contributed by atoms with Crippen LogP contribution in [0.4, 0.5) is 0 Å². The average molecular weight is 119 g/mol. The van der Waals surface area contributed by atoms with Crippen LogP contribution in [0.2, 0.25) is 0 Å². The number of hydrogen-bond acceptors (Lipinski definition) is 0. The van der Waals surface area contributed by atoms with Crippen molar-refractivity contribution in [1.29, 1.82) is 0 Å². The number of rotatable bonds is 2. The third-order valence-electron chi connectivity index (χ3n) is 0.472. The summed E-state index contributed by atoms with van der Waals surface area (Å²) >= 11 is 5.30. The summed E-state index contributed by atoms with van der Waals surface area (Å²) in [7, 11) is 0. The topological polar surface area (TPSA) is 27.6 Å². The summed E-state index contributed by atoms with van der Waals surface area (Å²) in [5.41, 5.74) is 3.48. The lowest BCUT2D eigenvalue weighted by atomic mass is 10.5. The molecule has 0 fully saturated rings. The molecule has 0 rings (SSSR count). The van der Waals surface area contributed by atoms with E-state index < -0.39 is 0 Å². The maximum absolute atomic E-state index is 5.30. The molecule has 0 radical (unpaired) electrons. The summed E-state index contributed by atoms with van der Waals surface area (Å²) < 4.78 is 0. The molecule has 40 valence electrons. The second-order valence-corrected chi connectivity index (χ2v) is 1.32. The van der Waals surface area contributed by atoms with Crippen molar-refractivity contribution < 1.29 is 5.73 Å². The molecular weight excluding hydrogens is 110 g/mol. The molecule has 0 aromatic carbocycles. The van der Waals surface area contributed by atoms with Crippen molar-refractivity contribution in [3.63, 3.8) is 0 Å². The molecule has 0 saturated carbocycles. The first kappa shape index (κ1) is 6.73. The van der Waals surface area contributed by atoms with Gasteiger partial charge in [-0.3, -0.25) is 0 Å². The van der Waals surface area contributed by atoms with Crippen LogP contribution >= 0.6 is 11.6 Å². The summed E-state index contributed by atoms with van der Waals surface area (Å²) in [5, 5.41) is 0. The van der Waals surface area contributed by atoms with Crippen LogP contribution in [0, 0.1) is 0 Å². The minimum Gasteiger partial charge on any atom is -0.331 e. The van der Waals surface area contributed by atoms with E-state index in [1.807, 2.05) is 18.2 Å². The van der Waals surface area contributed by atoms with Crippen molar-refractivity contribution in [2.75, 3.05) is 5.88 Å². The van der Waals surface area contributed by atoms with Gasteiger partial charge in [0.2, 0.25) is 0 Å². The average Bonchev–Trinajstić information content (AvgIpc) is 1.69. The lowest BCUT2D eigenvalue weighted by Crippen LogP contribution is -2.38. The quantitative estimate of drug-likeness (QED) is 0.405. The Morgan fingerprint density at radius 3 is 2.57 bits per heavy atom. The number of halogens is 1. The normalized spacial score (nSPS) is 11.7. The third kappa shape index (κ3) is 5.73. The Kier molecular flexibility index (Phi) is 5.51. The summed E-state index contributed by atoms with van der Waals surface area (Å²) in [6, 6.07) is 0. The van der Waals surface area contributed by atoms with Crippen molar-refractivity contribution in [3.05, 3.63) is 24.4 Å². The second kappa shape index (κ2) is 5.73. The SMILES string of the molecule is [NH3+]/C=C\C=C/CCl. The molecule has 0 aromatic heterocycles. The lowest BCUT2D eigenvalue weighted by Gasteiger charge is -1.67. The van der Waals surface area contributed by atoms with Crippen LogP contribution < -0.4 is 5.73 Å². The molecule has 0 spiro atoms. The van der Waals surface area contributed by atoms with E-state index in [1.54, 1.807) is 6.20 Å². The molecule has 2 heteroatoms. The first-order chi connectivity index (χ1) is 3.41. The zero-order chi connectivity index (χ0) is 5.54. The lowest BCUT2D eigenvalue weighted by molar-refractivity contribution is -0.274. The summed E-state index contributed by atoms with van der Waals surface area (Å²) in [6.07, 6.45) is 7.26. The maximum atomic E-state index is 5.30. The Morgan fingerprint density at radius 1 is 1.43 bits per heavy atom. The van der Waals surface area contributed by atoms with E-state index in [0.717, 1.165) is 0 Å². The first-order valence-corrected chi connectivity index (χ1v) is 2.62. The fraction of sp³-hybridized carbons (Fsp3) is 0.200. The molecule has 0 amide bonds. The number of quaternary nitrogens is 1. The monoisotopic (exact) mass is 118 g/mol. The molecular formula is C5H9ClN+. The van der Waals surface area contributed by atoms with E-state index in [-0.39, 0.29) is 0 Å². The Bertz CT molecular complexity index is 76.1. The minimum absolute atomic E-state index is 0.574. The molecule has 0 atom stereocenters. The molecule has 0 heterocycles. The van der Waals surface area contributed by atoms with E-state index in [0.29, 0.717) is 5.88 Å². The van der Waals surface area contributed by atoms with Gasteiger partial charge in [-0.1, -0.05) is 12.2 Å². The van der Waals surface area contributed by atoms with Crippen LogP contribution in [-0.2, 0) is 0 Å². The van der Waals surface area contributed by atoms with E-state index in [2.05, 4.69) is 5.73 Å². The molecule has 0 aliphatic rings. The van der Waals surface area contributed by atoms with Crippen LogP contribution in [0.3, 0.4) is 0 Å². The molecule has 0 aliphatic carbocycles. The van der Waals surface area contributed by atoms with Gasteiger partial charge in [-0.05, 0) is 6.08 Å². The second-order valence-electron chi connectivity index (χ2n) is 1.01. The zero-order valence-electron chi connectivity index (χ0n) is 4.10. The van der Waals surface area contributed by atoms with Gasteiger partial charge >= 0.3 is 0 Å². The van der Waals surface area contributed by atoms with Gasteiger partial charge in [-0.2, -0.15) is 0 Å². The van der Waals surface area contributed by atoms with E-state index in [4.69, 9.17) is 11.6 Å². The van der Waals surface area contributed by atoms with Gasteiger partial charge in [0.1, 0.15) is 0 Å². The van der Waals surface area contributed by atoms with Crippen LogP contribution in [0.15, 0.2) is 24.4 Å². The van der Waals surface area contributed by atoms with Crippen LogP contribution in [0.1, 0.15) is 0 Å². The fourth-order valence-electron chi connectivity index (χ4n) is 0.209. The number of alkyl halides is 1. The number of allylic oxidation sites excluding steroid dienone is 3. The Balaban J connectivity index is 3.09. The smallest absolute Gasteiger partial charge is 0.0909 e. The molecule has 3 N–H and O–H groups in total. The summed E-state index contributed by atoms with van der Waals surface area (Å²) in [5.74, 6) is 0.574. The third-order valence-corrected chi connectivity index (χ3v) is 0.651. The van der Waals surface area contributed by atoms with E-state index >= 15 is 0 Å². The van der Waals surface area contributed by atoms with E-state index in [9.17, 15) is 0 Å². The molecule has 0 aromatic rings. The van der Waals surface area contributed by atoms with Crippen molar-refractivity contribution in [2.45, 2.75) is 0 Å². The molecule has 7 heavy (non-hydrogen) atoms.